The molecule has 1 aromatic heterocycles. The second-order valence-corrected chi connectivity index (χ2v) is 5.15. The van der Waals surface area contributed by atoms with Gasteiger partial charge in [0.1, 0.15) is 17.3 Å². The maximum absolute atomic E-state index is 12.8. The summed E-state index contributed by atoms with van der Waals surface area (Å²) in [4.78, 5) is 11.4. The quantitative estimate of drug-likeness (QED) is 0.846. The molecule has 1 aromatic carbocycles. The van der Waals surface area contributed by atoms with Crippen molar-refractivity contribution in [2.24, 2.45) is 0 Å². The number of hydrogen-bond acceptors (Lipinski definition) is 4. The minimum absolute atomic E-state index is 0.0626. The minimum Gasteiger partial charge on any atom is -0.453 e. The number of ether oxygens (including phenoxy) is 1. The summed E-state index contributed by atoms with van der Waals surface area (Å²) in [7, 11) is 1.10. The molecule has 0 bridgehead atoms. The number of aromatic nitrogens is 2. The highest BCUT2D eigenvalue weighted by atomic mass is 35.5. The topological polar surface area (TPSA) is 79.9 Å². The number of carbonyl (C=O) groups is 1. The van der Waals surface area contributed by atoms with Crippen LogP contribution in [0.1, 0.15) is 11.1 Å². The molecular weight excluding hydrogens is 372 g/mol. The molecule has 11 heteroatoms. The van der Waals surface area contributed by atoms with Crippen LogP contribution in [0.2, 0.25) is 10.0 Å². The molecule has 24 heavy (non-hydrogen) atoms. The first-order chi connectivity index (χ1) is 11.2. The number of carbonyl (C=O) groups excluding carboxylic acids is 1. The van der Waals surface area contributed by atoms with E-state index in [0.29, 0.717) is 12.1 Å². The van der Waals surface area contributed by atoms with Crippen molar-refractivity contribution in [3.8, 4) is 11.8 Å². The van der Waals surface area contributed by atoms with Crippen molar-refractivity contribution in [3.05, 3.63) is 39.5 Å². The third-order valence-electron chi connectivity index (χ3n) is 2.85. The summed E-state index contributed by atoms with van der Waals surface area (Å²) < 4.78 is 43.7. The molecule has 126 valence electrons. The standard InChI is InChI=1S/C13H7Cl2F3N4O2/c1-24-12(23)21-11-6(4-19)5-20-22(11)10-8(14)2-7(3-9(10)15)13(16,17)18/h2-3,5H,1H3,(H,21,23). The summed E-state index contributed by atoms with van der Waals surface area (Å²) in [5, 5.41) is 14.4. The number of nitrogens with zero attached hydrogens (tertiary/aromatic N) is 3. The van der Waals surface area contributed by atoms with Crippen molar-refractivity contribution in [3.63, 3.8) is 0 Å². The molecule has 0 unspecified atom stereocenters. The average Bonchev–Trinajstić information content (AvgIpc) is 2.88. The van der Waals surface area contributed by atoms with Crippen LogP contribution in [-0.4, -0.2) is 23.0 Å². The van der Waals surface area contributed by atoms with Gasteiger partial charge in [-0.3, -0.25) is 5.32 Å². The molecule has 1 amide bonds. The van der Waals surface area contributed by atoms with E-state index in [-0.39, 0.29) is 27.1 Å². The molecule has 0 radical (unpaired) electrons. The van der Waals surface area contributed by atoms with Crippen LogP contribution < -0.4 is 5.32 Å². The number of benzene rings is 1. The lowest BCUT2D eigenvalue weighted by Gasteiger charge is -2.14. The van der Waals surface area contributed by atoms with Crippen molar-refractivity contribution in [1.82, 2.24) is 9.78 Å². The van der Waals surface area contributed by atoms with Gasteiger partial charge in [-0.05, 0) is 12.1 Å². The van der Waals surface area contributed by atoms with Gasteiger partial charge in [0.15, 0.2) is 5.82 Å². The third-order valence-corrected chi connectivity index (χ3v) is 3.43. The predicted molar refractivity (Wildman–Crippen MR) is 79.3 cm³/mol. The van der Waals surface area contributed by atoms with Gasteiger partial charge in [-0.15, -0.1) is 0 Å². The molecule has 0 aliphatic heterocycles. The Morgan fingerprint density at radius 2 is 1.96 bits per heavy atom. The van der Waals surface area contributed by atoms with E-state index >= 15 is 0 Å². The maximum atomic E-state index is 12.8. The lowest BCUT2D eigenvalue weighted by molar-refractivity contribution is -0.137. The highest BCUT2D eigenvalue weighted by molar-refractivity contribution is 6.38. The lowest BCUT2D eigenvalue weighted by atomic mass is 10.2. The number of hydrogen-bond donors (Lipinski definition) is 1. The molecule has 0 saturated carbocycles. The van der Waals surface area contributed by atoms with Crippen molar-refractivity contribution in [1.29, 1.82) is 5.26 Å². The lowest BCUT2D eigenvalue weighted by Crippen LogP contribution is -2.16. The van der Waals surface area contributed by atoms with E-state index < -0.39 is 17.8 Å². The highest BCUT2D eigenvalue weighted by Crippen LogP contribution is 2.38. The number of alkyl halides is 3. The van der Waals surface area contributed by atoms with E-state index in [2.05, 4.69) is 15.2 Å². The molecular formula is C13H7Cl2F3N4O2. The fourth-order valence-corrected chi connectivity index (χ4v) is 2.45. The van der Waals surface area contributed by atoms with Crippen molar-refractivity contribution in [2.45, 2.75) is 6.18 Å². The molecule has 0 aliphatic carbocycles. The molecule has 2 aromatic rings. The minimum atomic E-state index is -4.64. The van der Waals surface area contributed by atoms with Crippen LogP contribution in [0.3, 0.4) is 0 Å². The largest absolute Gasteiger partial charge is 0.453 e. The molecule has 1 N–H and O–H groups in total. The van der Waals surface area contributed by atoms with E-state index in [1.54, 1.807) is 6.07 Å². The van der Waals surface area contributed by atoms with E-state index in [0.717, 1.165) is 18.0 Å². The number of rotatable bonds is 2. The Labute approximate surface area is 143 Å². The van der Waals surface area contributed by atoms with Crippen LogP contribution in [0.4, 0.5) is 23.8 Å². The second-order valence-electron chi connectivity index (χ2n) is 4.33. The summed E-state index contributed by atoms with van der Waals surface area (Å²) in [6.45, 7) is 0. The van der Waals surface area contributed by atoms with E-state index in [1.807, 2.05) is 0 Å². The smallest absolute Gasteiger partial charge is 0.416 e. The Balaban J connectivity index is 2.63. The Kier molecular flexibility index (Phi) is 4.91. The molecule has 1 heterocycles. The third kappa shape index (κ3) is 3.39. The second kappa shape index (κ2) is 6.59. The fraction of sp³-hybridized carbons (Fsp3) is 0.154. The van der Waals surface area contributed by atoms with Gasteiger partial charge in [-0.1, -0.05) is 23.2 Å². The number of halogens is 5. The first-order valence-electron chi connectivity index (χ1n) is 6.08. The van der Waals surface area contributed by atoms with Gasteiger partial charge in [0.2, 0.25) is 0 Å². The molecule has 0 aliphatic rings. The Morgan fingerprint density at radius 1 is 1.38 bits per heavy atom. The van der Waals surface area contributed by atoms with Gasteiger partial charge >= 0.3 is 12.3 Å². The number of methoxy groups -OCH3 is 1. The van der Waals surface area contributed by atoms with Crippen LogP contribution in [0.25, 0.3) is 5.69 Å². The van der Waals surface area contributed by atoms with Crippen molar-refractivity contribution >= 4 is 35.1 Å². The first-order valence-corrected chi connectivity index (χ1v) is 6.84. The van der Waals surface area contributed by atoms with E-state index in [4.69, 9.17) is 28.5 Å². The van der Waals surface area contributed by atoms with Gasteiger partial charge in [-0.2, -0.15) is 23.5 Å². The first kappa shape index (κ1) is 17.9. The van der Waals surface area contributed by atoms with E-state index in [1.165, 1.54) is 0 Å². The number of nitrogens with one attached hydrogen (secondary N) is 1. The van der Waals surface area contributed by atoms with Crippen LogP contribution >= 0.6 is 23.2 Å². The van der Waals surface area contributed by atoms with Crippen LogP contribution in [0.5, 0.6) is 0 Å². The van der Waals surface area contributed by atoms with Crippen molar-refractivity contribution < 1.29 is 22.7 Å². The number of anilines is 1. The zero-order valence-corrected chi connectivity index (χ0v) is 13.3. The fourth-order valence-electron chi connectivity index (χ4n) is 1.80. The number of amides is 1. The molecule has 0 fully saturated rings. The van der Waals surface area contributed by atoms with E-state index in [9.17, 15) is 18.0 Å². The summed E-state index contributed by atoms with van der Waals surface area (Å²) in [6, 6.07) is 3.10. The number of nitriles is 1. The molecule has 0 spiro atoms. The Bertz CT molecular complexity index is 820. The molecule has 2 rings (SSSR count). The molecule has 0 atom stereocenters. The summed E-state index contributed by atoms with van der Waals surface area (Å²) >= 11 is 11.8. The van der Waals surface area contributed by atoms with Crippen LogP contribution in [0, 0.1) is 11.3 Å². The van der Waals surface area contributed by atoms with Gasteiger partial charge in [0.25, 0.3) is 0 Å². The van der Waals surface area contributed by atoms with Gasteiger partial charge in [0, 0.05) is 0 Å². The summed E-state index contributed by atoms with van der Waals surface area (Å²) in [5.74, 6) is -0.145. The zero-order valence-electron chi connectivity index (χ0n) is 11.8. The maximum Gasteiger partial charge on any atom is 0.416 e. The van der Waals surface area contributed by atoms with Gasteiger partial charge < -0.3 is 4.74 Å². The summed E-state index contributed by atoms with van der Waals surface area (Å²) in [5.41, 5.74) is -1.23. The van der Waals surface area contributed by atoms with Crippen LogP contribution in [0.15, 0.2) is 18.3 Å². The predicted octanol–water partition coefficient (Wildman–Crippen LogP) is 4.25. The van der Waals surface area contributed by atoms with Gasteiger partial charge in [-0.25, -0.2) is 9.48 Å². The normalized spacial score (nSPS) is 11.0. The summed E-state index contributed by atoms with van der Waals surface area (Å²) in [6.07, 6.45) is -4.46. The highest BCUT2D eigenvalue weighted by Gasteiger charge is 2.32. The zero-order chi connectivity index (χ0) is 18.1. The monoisotopic (exact) mass is 378 g/mol. The molecule has 0 saturated heterocycles. The SMILES string of the molecule is COC(=O)Nc1c(C#N)cnn1-c1c(Cl)cc(C(F)(F)F)cc1Cl. The average molecular weight is 379 g/mol. The van der Waals surface area contributed by atoms with Gasteiger partial charge in [0.05, 0.1) is 28.9 Å². The van der Waals surface area contributed by atoms with Crippen LogP contribution in [-0.2, 0) is 10.9 Å². The van der Waals surface area contributed by atoms with Crippen molar-refractivity contribution in [2.75, 3.05) is 12.4 Å². The Hall–Kier alpha value is -2.44. The molecule has 6 nitrogen and oxygen atoms in total. The Morgan fingerprint density at radius 3 is 2.42 bits per heavy atom.